The van der Waals surface area contributed by atoms with Crippen LogP contribution in [-0.4, -0.2) is 48.7 Å². The molecule has 76 valence electrons. The molecule has 0 aromatic rings. The molecule has 0 saturated heterocycles. The first-order chi connectivity index (χ1) is 6.09. The number of nitrogens with one attached hydrogen (secondary N) is 1. The van der Waals surface area contributed by atoms with Crippen molar-refractivity contribution in [1.29, 1.82) is 0 Å². The van der Waals surface area contributed by atoms with Crippen LogP contribution in [-0.2, 0) is 4.79 Å². The van der Waals surface area contributed by atoms with Gasteiger partial charge in [-0.1, -0.05) is 0 Å². The maximum atomic E-state index is 11.3. The molecule has 1 amide bonds. The summed E-state index contributed by atoms with van der Waals surface area (Å²) in [5.74, 6) is -0.00375. The first kappa shape index (κ1) is 10.5. The molecule has 1 rings (SSSR count). The summed E-state index contributed by atoms with van der Waals surface area (Å²) in [5, 5.41) is 12.3. The number of aliphatic hydroxyl groups is 1. The van der Waals surface area contributed by atoms with Gasteiger partial charge in [0.1, 0.15) is 0 Å². The van der Waals surface area contributed by atoms with Crippen LogP contribution in [0.4, 0.5) is 0 Å². The van der Waals surface area contributed by atoms with Gasteiger partial charge in [0, 0.05) is 0 Å². The third-order valence-corrected chi connectivity index (χ3v) is 2.29. The lowest BCUT2D eigenvalue weighted by atomic mass is 10.2. The van der Waals surface area contributed by atoms with Crippen molar-refractivity contribution >= 4 is 5.91 Å². The molecule has 0 spiro atoms. The fourth-order valence-corrected chi connectivity index (χ4v) is 1.65. The summed E-state index contributed by atoms with van der Waals surface area (Å²) in [7, 11) is 3.70. The monoisotopic (exact) mass is 186 g/mol. The van der Waals surface area contributed by atoms with E-state index in [0.717, 1.165) is 19.3 Å². The largest absolute Gasteiger partial charge is 0.391 e. The highest BCUT2D eigenvalue weighted by molar-refractivity contribution is 5.78. The van der Waals surface area contributed by atoms with Gasteiger partial charge in [-0.2, -0.15) is 0 Å². The van der Waals surface area contributed by atoms with Crippen LogP contribution in [0.1, 0.15) is 19.3 Å². The lowest BCUT2D eigenvalue weighted by Gasteiger charge is -2.17. The van der Waals surface area contributed by atoms with E-state index in [0.29, 0.717) is 6.54 Å². The number of carbonyl (C=O) groups excluding carboxylic acids is 1. The molecule has 1 aliphatic rings. The fourth-order valence-electron chi connectivity index (χ4n) is 1.65. The second-order valence-electron chi connectivity index (χ2n) is 3.91. The summed E-state index contributed by atoms with van der Waals surface area (Å²) in [6.07, 6.45) is 2.38. The van der Waals surface area contributed by atoms with Crippen LogP contribution in [0.2, 0.25) is 0 Å². The Labute approximate surface area is 78.9 Å². The molecule has 4 nitrogen and oxygen atoms in total. The third kappa shape index (κ3) is 3.32. The molecule has 4 heteroatoms. The van der Waals surface area contributed by atoms with Gasteiger partial charge in [0.15, 0.2) is 0 Å². The predicted molar refractivity (Wildman–Crippen MR) is 50.3 cm³/mol. The fraction of sp³-hybridized carbons (Fsp3) is 0.889. The average Bonchev–Trinajstić information content (AvgIpc) is 2.34. The minimum absolute atomic E-state index is 0.00375. The van der Waals surface area contributed by atoms with Gasteiger partial charge >= 0.3 is 0 Å². The molecule has 0 aromatic carbocycles. The van der Waals surface area contributed by atoms with Crippen LogP contribution in [0.25, 0.3) is 0 Å². The number of hydrogen-bond donors (Lipinski definition) is 2. The summed E-state index contributed by atoms with van der Waals surface area (Å²) in [6, 6.07) is -0.0209. The standard InChI is InChI=1S/C9H18N2O2/c1-11(2)6-9(13)10-7-4-3-5-8(7)12/h7-8,12H,3-6H2,1-2H3,(H,10,13). The Morgan fingerprint density at radius 3 is 2.69 bits per heavy atom. The molecular weight excluding hydrogens is 168 g/mol. The number of amides is 1. The molecule has 1 fully saturated rings. The van der Waals surface area contributed by atoms with E-state index >= 15 is 0 Å². The van der Waals surface area contributed by atoms with E-state index in [2.05, 4.69) is 5.32 Å². The number of nitrogens with zero attached hydrogens (tertiary/aromatic N) is 1. The lowest BCUT2D eigenvalue weighted by molar-refractivity contribution is -0.123. The minimum Gasteiger partial charge on any atom is -0.391 e. The molecule has 0 radical (unpaired) electrons. The zero-order valence-corrected chi connectivity index (χ0v) is 8.29. The Morgan fingerprint density at radius 1 is 1.54 bits per heavy atom. The zero-order valence-electron chi connectivity index (χ0n) is 8.29. The Kier molecular flexibility index (Phi) is 3.69. The Balaban J connectivity index is 2.27. The van der Waals surface area contributed by atoms with Crippen LogP contribution in [0.15, 0.2) is 0 Å². The van der Waals surface area contributed by atoms with E-state index in [1.54, 1.807) is 0 Å². The topological polar surface area (TPSA) is 52.6 Å². The van der Waals surface area contributed by atoms with Gasteiger partial charge in [0.25, 0.3) is 0 Å². The average molecular weight is 186 g/mol. The van der Waals surface area contributed by atoms with Gasteiger partial charge in [-0.15, -0.1) is 0 Å². The van der Waals surface area contributed by atoms with Crippen molar-refractivity contribution < 1.29 is 9.90 Å². The SMILES string of the molecule is CN(C)CC(=O)NC1CCCC1O. The second-order valence-corrected chi connectivity index (χ2v) is 3.91. The molecule has 2 N–H and O–H groups in total. The summed E-state index contributed by atoms with van der Waals surface area (Å²) < 4.78 is 0. The third-order valence-electron chi connectivity index (χ3n) is 2.29. The minimum atomic E-state index is -0.342. The van der Waals surface area contributed by atoms with Crippen molar-refractivity contribution in [1.82, 2.24) is 10.2 Å². The van der Waals surface area contributed by atoms with E-state index in [9.17, 15) is 9.90 Å². The van der Waals surface area contributed by atoms with E-state index in [-0.39, 0.29) is 18.1 Å². The second kappa shape index (κ2) is 4.58. The highest BCUT2D eigenvalue weighted by Crippen LogP contribution is 2.18. The van der Waals surface area contributed by atoms with Crippen LogP contribution < -0.4 is 5.32 Å². The molecule has 2 unspecified atom stereocenters. The van der Waals surface area contributed by atoms with Gasteiger partial charge in [-0.05, 0) is 33.4 Å². The summed E-state index contributed by atoms with van der Waals surface area (Å²) in [5.41, 5.74) is 0. The maximum Gasteiger partial charge on any atom is 0.234 e. The number of rotatable bonds is 3. The molecule has 1 saturated carbocycles. The van der Waals surface area contributed by atoms with Crippen molar-refractivity contribution in [3.05, 3.63) is 0 Å². The molecule has 13 heavy (non-hydrogen) atoms. The molecule has 0 bridgehead atoms. The molecule has 1 aliphatic carbocycles. The molecule has 0 aliphatic heterocycles. The summed E-state index contributed by atoms with van der Waals surface area (Å²) >= 11 is 0. The Bertz CT molecular complexity index is 182. The van der Waals surface area contributed by atoms with E-state index in [1.807, 2.05) is 19.0 Å². The molecule has 2 atom stereocenters. The first-order valence-electron chi connectivity index (χ1n) is 4.72. The normalized spacial score (nSPS) is 28.0. The Morgan fingerprint density at radius 2 is 2.23 bits per heavy atom. The van der Waals surface area contributed by atoms with Crippen molar-refractivity contribution in [2.45, 2.75) is 31.4 Å². The lowest BCUT2D eigenvalue weighted by Crippen LogP contribution is -2.43. The quantitative estimate of drug-likeness (QED) is 0.629. The molecule has 0 heterocycles. The van der Waals surface area contributed by atoms with Gasteiger partial charge in [0.05, 0.1) is 18.7 Å². The van der Waals surface area contributed by atoms with Crippen molar-refractivity contribution in [3.63, 3.8) is 0 Å². The van der Waals surface area contributed by atoms with Gasteiger partial charge in [0.2, 0.25) is 5.91 Å². The van der Waals surface area contributed by atoms with Gasteiger partial charge in [-0.3, -0.25) is 4.79 Å². The number of likely N-dealkylation sites (N-methyl/N-ethyl adjacent to an activating group) is 1. The van der Waals surface area contributed by atoms with Crippen molar-refractivity contribution in [2.24, 2.45) is 0 Å². The highest BCUT2D eigenvalue weighted by Gasteiger charge is 2.26. The van der Waals surface area contributed by atoms with Crippen LogP contribution in [0.5, 0.6) is 0 Å². The number of hydrogen-bond acceptors (Lipinski definition) is 3. The van der Waals surface area contributed by atoms with Crippen molar-refractivity contribution in [3.8, 4) is 0 Å². The predicted octanol–water partition coefficient (Wildman–Crippen LogP) is -0.422. The maximum absolute atomic E-state index is 11.3. The summed E-state index contributed by atoms with van der Waals surface area (Å²) in [4.78, 5) is 13.1. The number of aliphatic hydroxyl groups excluding tert-OH is 1. The molecular formula is C9H18N2O2. The van der Waals surface area contributed by atoms with E-state index < -0.39 is 0 Å². The molecule has 0 aromatic heterocycles. The van der Waals surface area contributed by atoms with Crippen molar-refractivity contribution in [2.75, 3.05) is 20.6 Å². The van der Waals surface area contributed by atoms with Gasteiger partial charge < -0.3 is 15.3 Å². The van der Waals surface area contributed by atoms with Crippen LogP contribution >= 0.6 is 0 Å². The van der Waals surface area contributed by atoms with Gasteiger partial charge in [-0.25, -0.2) is 0 Å². The van der Waals surface area contributed by atoms with E-state index in [1.165, 1.54) is 0 Å². The highest BCUT2D eigenvalue weighted by atomic mass is 16.3. The zero-order chi connectivity index (χ0) is 9.84. The number of carbonyl (C=O) groups is 1. The first-order valence-corrected chi connectivity index (χ1v) is 4.72. The van der Waals surface area contributed by atoms with Crippen LogP contribution in [0, 0.1) is 0 Å². The van der Waals surface area contributed by atoms with E-state index in [4.69, 9.17) is 0 Å². The Hall–Kier alpha value is -0.610. The smallest absolute Gasteiger partial charge is 0.234 e. The summed E-state index contributed by atoms with van der Waals surface area (Å²) in [6.45, 7) is 0.392. The van der Waals surface area contributed by atoms with Crippen LogP contribution in [0.3, 0.4) is 0 Å².